The van der Waals surface area contributed by atoms with Gasteiger partial charge in [0.2, 0.25) is 5.88 Å². The summed E-state index contributed by atoms with van der Waals surface area (Å²) in [5, 5.41) is 3.24. The Kier molecular flexibility index (Phi) is 3.78. The number of aryl methyl sites for hydroxylation is 1. The molecule has 3 heterocycles. The highest BCUT2D eigenvalue weighted by molar-refractivity contribution is 5.67. The van der Waals surface area contributed by atoms with Gasteiger partial charge in [0.25, 0.3) is 0 Å². The predicted octanol–water partition coefficient (Wildman–Crippen LogP) is 2.30. The van der Waals surface area contributed by atoms with E-state index in [1.807, 2.05) is 6.92 Å². The second-order valence-corrected chi connectivity index (χ2v) is 5.04. The molecule has 1 N–H and O–H groups in total. The van der Waals surface area contributed by atoms with Crippen LogP contribution in [-0.2, 0) is 13.1 Å². The summed E-state index contributed by atoms with van der Waals surface area (Å²) in [4.78, 5) is 8.41. The number of aromatic nitrogens is 3. The van der Waals surface area contributed by atoms with Crippen molar-refractivity contribution in [1.82, 2.24) is 19.9 Å². The summed E-state index contributed by atoms with van der Waals surface area (Å²) in [6.07, 6.45) is -3.00. The molecule has 0 aromatic carbocycles. The Morgan fingerprint density at radius 3 is 3.00 bits per heavy atom. The van der Waals surface area contributed by atoms with Gasteiger partial charge in [0, 0.05) is 25.8 Å². The first-order chi connectivity index (χ1) is 10.5. The van der Waals surface area contributed by atoms with Gasteiger partial charge >= 0.3 is 6.18 Å². The first-order valence-electron chi connectivity index (χ1n) is 6.87. The Balaban J connectivity index is 1.99. The van der Waals surface area contributed by atoms with Crippen LogP contribution in [0.1, 0.15) is 11.5 Å². The number of nitrogens with zero attached hydrogens (tertiary/aromatic N) is 3. The molecule has 1 aliphatic rings. The summed E-state index contributed by atoms with van der Waals surface area (Å²) in [5.41, 5.74) is 2.04. The van der Waals surface area contributed by atoms with Crippen molar-refractivity contribution in [2.75, 3.05) is 13.2 Å². The Hall–Kier alpha value is -2.09. The van der Waals surface area contributed by atoms with Crippen LogP contribution in [0.25, 0.3) is 11.3 Å². The van der Waals surface area contributed by atoms with Crippen molar-refractivity contribution in [2.24, 2.45) is 0 Å². The molecule has 0 spiro atoms. The number of imidazole rings is 1. The molecule has 0 radical (unpaired) electrons. The molecule has 2 aromatic rings. The number of rotatable bonds is 3. The number of hydrogen-bond donors (Lipinski definition) is 1. The van der Waals surface area contributed by atoms with Gasteiger partial charge in [-0.15, -0.1) is 0 Å². The first kappa shape index (κ1) is 14.8. The summed E-state index contributed by atoms with van der Waals surface area (Å²) in [6, 6.07) is 3.34. The van der Waals surface area contributed by atoms with Crippen molar-refractivity contribution in [1.29, 1.82) is 0 Å². The molecule has 0 saturated carbocycles. The average Bonchev–Trinajstić information content (AvgIpc) is 2.82. The molecule has 2 aromatic heterocycles. The lowest BCUT2D eigenvalue weighted by Crippen LogP contribution is -2.28. The van der Waals surface area contributed by atoms with Crippen LogP contribution in [-0.4, -0.2) is 33.9 Å². The van der Waals surface area contributed by atoms with Gasteiger partial charge in [-0.05, 0) is 19.1 Å². The van der Waals surface area contributed by atoms with Crippen LogP contribution in [0, 0.1) is 6.92 Å². The van der Waals surface area contributed by atoms with Crippen molar-refractivity contribution < 1.29 is 17.9 Å². The Labute approximate surface area is 125 Å². The standard InChI is InChI=1S/C14H15F3N4O/c1-9-20-12(11-7-18-5-6-21(9)11)10-3-2-4-19-13(10)22-8-14(15,16)17/h2-4,18H,5-8H2,1H3. The lowest BCUT2D eigenvalue weighted by molar-refractivity contribution is -0.154. The predicted molar refractivity (Wildman–Crippen MR) is 73.5 cm³/mol. The van der Waals surface area contributed by atoms with Crippen molar-refractivity contribution in [2.45, 2.75) is 26.2 Å². The molecule has 0 aliphatic carbocycles. The second-order valence-electron chi connectivity index (χ2n) is 5.04. The van der Waals surface area contributed by atoms with E-state index in [-0.39, 0.29) is 5.88 Å². The monoisotopic (exact) mass is 312 g/mol. The van der Waals surface area contributed by atoms with Crippen molar-refractivity contribution >= 4 is 0 Å². The minimum absolute atomic E-state index is 0.0497. The number of halogens is 3. The molecule has 0 fully saturated rings. The molecule has 1 aliphatic heterocycles. The zero-order chi connectivity index (χ0) is 15.7. The number of nitrogens with one attached hydrogen (secondary N) is 1. The zero-order valence-corrected chi connectivity index (χ0v) is 11.9. The minimum Gasteiger partial charge on any atom is -0.468 e. The SMILES string of the molecule is Cc1nc(-c2cccnc2OCC(F)(F)F)c2n1CCNC2. The van der Waals surface area contributed by atoms with Crippen LogP contribution >= 0.6 is 0 Å². The Morgan fingerprint density at radius 1 is 1.41 bits per heavy atom. The quantitative estimate of drug-likeness (QED) is 0.945. The van der Waals surface area contributed by atoms with E-state index in [9.17, 15) is 13.2 Å². The maximum absolute atomic E-state index is 12.4. The first-order valence-corrected chi connectivity index (χ1v) is 6.87. The van der Waals surface area contributed by atoms with Crippen molar-refractivity contribution in [3.8, 4) is 17.1 Å². The number of alkyl halides is 3. The van der Waals surface area contributed by atoms with Crippen LogP contribution < -0.4 is 10.1 Å². The van der Waals surface area contributed by atoms with Crippen molar-refractivity contribution in [3.05, 3.63) is 29.8 Å². The van der Waals surface area contributed by atoms with Gasteiger partial charge in [0.15, 0.2) is 6.61 Å². The molecule has 0 amide bonds. The Bertz CT molecular complexity index is 681. The highest BCUT2D eigenvalue weighted by atomic mass is 19.4. The van der Waals surface area contributed by atoms with Crippen LogP contribution in [0.15, 0.2) is 18.3 Å². The molecule has 0 atom stereocenters. The molecule has 8 heteroatoms. The third-order valence-electron chi connectivity index (χ3n) is 3.47. The van der Waals surface area contributed by atoms with E-state index < -0.39 is 12.8 Å². The maximum atomic E-state index is 12.4. The van der Waals surface area contributed by atoms with Gasteiger partial charge in [0.05, 0.1) is 17.0 Å². The minimum atomic E-state index is -4.40. The maximum Gasteiger partial charge on any atom is 0.422 e. The van der Waals surface area contributed by atoms with Gasteiger partial charge < -0.3 is 14.6 Å². The lowest BCUT2D eigenvalue weighted by Gasteiger charge is -2.18. The fourth-order valence-electron chi connectivity index (χ4n) is 2.54. The number of pyridine rings is 1. The summed E-state index contributed by atoms with van der Waals surface area (Å²) < 4.78 is 44.0. The van der Waals surface area contributed by atoms with E-state index in [4.69, 9.17) is 4.74 Å². The van der Waals surface area contributed by atoms with E-state index in [1.165, 1.54) is 6.20 Å². The van der Waals surface area contributed by atoms with E-state index in [0.717, 1.165) is 24.6 Å². The summed E-state index contributed by atoms with van der Waals surface area (Å²) in [5.74, 6) is 0.781. The molecular formula is C14H15F3N4O. The molecule has 22 heavy (non-hydrogen) atoms. The van der Waals surface area contributed by atoms with E-state index in [2.05, 4.69) is 19.9 Å². The van der Waals surface area contributed by atoms with Gasteiger partial charge in [-0.2, -0.15) is 13.2 Å². The summed E-state index contributed by atoms with van der Waals surface area (Å²) >= 11 is 0. The van der Waals surface area contributed by atoms with E-state index in [1.54, 1.807) is 12.1 Å². The smallest absolute Gasteiger partial charge is 0.422 e. The van der Waals surface area contributed by atoms with Gasteiger partial charge in [-0.3, -0.25) is 0 Å². The third kappa shape index (κ3) is 2.92. The van der Waals surface area contributed by atoms with Crippen LogP contribution in [0.2, 0.25) is 0 Å². The van der Waals surface area contributed by atoms with E-state index in [0.29, 0.717) is 17.8 Å². The number of hydrogen-bond acceptors (Lipinski definition) is 4. The zero-order valence-electron chi connectivity index (χ0n) is 11.9. The third-order valence-corrected chi connectivity index (χ3v) is 3.47. The van der Waals surface area contributed by atoms with Crippen molar-refractivity contribution in [3.63, 3.8) is 0 Å². The molecule has 5 nitrogen and oxygen atoms in total. The van der Waals surface area contributed by atoms with Crippen LogP contribution in [0.3, 0.4) is 0 Å². The average molecular weight is 312 g/mol. The van der Waals surface area contributed by atoms with Crippen LogP contribution in [0.4, 0.5) is 13.2 Å². The largest absolute Gasteiger partial charge is 0.468 e. The number of fused-ring (bicyclic) bond motifs is 1. The second kappa shape index (κ2) is 5.60. The van der Waals surface area contributed by atoms with E-state index >= 15 is 0 Å². The summed E-state index contributed by atoms with van der Waals surface area (Å²) in [6.45, 7) is 2.75. The Morgan fingerprint density at radius 2 is 2.23 bits per heavy atom. The molecule has 0 bridgehead atoms. The molecular weight excluding hydrogens is 297 g/mol. The highest BCUT2D eigenvalue weighted by Crippen LogP contribution is 2.32. The molecule has 0 unspecified atom stereocenters. The topological polar surface area (TPSA) is 52.0 Å². The molecule has 118 valence electrons. The van der Waals surface area contributed by atoms with Crippen LogP contribution in [0.5, 0.6) is 5.88 Å². The fraction of sp³-hybridized carbons (Fsp3) is 0.429. The fourth-order valence-corrected chi connectivity index (χ4v) is 2.54. The van der Waals surface area contributed by atoms with Gasteiger partial charge in [0.1, 0.15) is 5.82 Å². The van der Waals surface area contributed by atoms with Gasteiger partial charge in [-0.25, -0.2) is 9.97 Å². The summed E-state index contributed by atoms with van der Waals surface area (Å²) in [7, 11) is 0. The number of ether oxygens (including phenoxy) is 1. The lowest BCUT2D eigenvalue weighted by atomic mass is 10.1. The highest BCUT2D eigenvalue weighted by Gasteiger charge is 2.30. The normalized spacial score (nSPS) is 14.7. The molecule has 3 rings (SSSR count). The van der Waals surface area contributed by atoms with Gasteiger partial charge in [-0.1, -0.05) is 0 Å². The molecule has 0 saturated heterocycles.